The van der Waals surface area contributed by atoms with E-state index in [1.165, 1.54) is 6.92 Å². The normalized spacial score (nSPS) is 41.9. The maximum absolute atomic E-state index is 14.3. The van der Waals surface area contributed by atoms with Crippen molar-refractivity contribution in [3.63, 3.8) is 0 Å². The van der Waals surface area contributed by atoms with Crippen LogP contribution in [-0.2, 0) is 34.9 Å². The molecular weight excluding hydrogens is 761 g/mol. The summed E-state index contributed by atoms with van der Waals surface area (Å²) in [6, 6.07) is 5.05. The number of aliphatic hydroxyl groups excluding tert-OH is 2. The Hall–Kier alpha value is -1.13. The van der Waals surface area contributed by atoms with Crippen molar-refractivity contribution in [2.75, 3.05) is 40.3 Å². The van der Waals surface area contributed by atoms with Gasteiger partial charge in [0.15, 0.2) is 12.1 Å². The van der Waals surface area contributed by atoms with Crippen LogP contribution in [0.5, 0.6) is 0 Å². The van der Waals surface area contributed by atoms with Gasteiger partial charge in [-0.2, -0.15) is 0 Å². The molecule has 4 saturated heterocycles. The summed E-state index contributed by atoms with van der Waals surface area (Å²) in [5.41, 5.74) is -1.59. The molecule has 12 nitrogen and oxygen atoms in total. The van der Waals surface area contributed by atoms with Crippen molar-refractivity contribution in [2.24, 2.45) is 17.8 Å². The van der Waals surface area contributed by atoms with Crippen LogP contribution in [0.1, 0.15) is 93.1 Å². The molecule has 0 saturated carbocycles. The number of halogens is 2. The summed E-state index contributed by atoms with van der Waals surface area (Å²) in [7, 11) is 3.89. The van der Waals surface area contributed by atoms with Gasteiger partial charge in [0, 0.05) is 50.5 Å². The lowest BCUT2D eigenvalue weighted by molar-refractivity contribution is -0.332. The number of likely N-dealkylation sites (N-methyl/N-ethyl adjacent to an activating group) is 1. The summed E-state index contributed by atoms with van der Waals surface area (Å²) in [4.78, 5) is 18.7. The Morgan fingerprint density at radius 1 is 1.05 bits per heavy atom. The molecule has 5 rings (SSSR count). The van der Waals surface area contributed by atoms with E-state index in [9.17, 15) is 20.1 Å². The van der Waals surface area contributed by atoms with Gasteiger partial charge < -0.3 is 54.1 Å². The summed E-state index contributed by atoms with van der Waals surface area (Å²) < 4.78 is 34.1. The number of aliphatic hydroxyl groups is 3. The molecule has 0 aromatic heterocycles. The first kappa shape index (κ1) is 45.9. The highest BCUT2D eigenvalue weighted by molar-refractivity contribution is 6.42. The second kappa shape index (κ2) is 18.6. The molecule has 4 aliphatic heterocycles. The fraction of sp³-hybridized carbons (Fsp3) is 0.833. The second-order valence-electron chi connectivity index (χ2n) is 18.0. The third-order valence-electron chi connectivity index (χ3n) is 13.0. The zero-order chi connectivity index (χ0) is 41.3. The number of ether oxygens (including phenoxy) is 5. The molecule has 2 bridgehead atoms. The third-order valence-corrected chi connectivity index (χ3v) is 13.7. The average Bonchev–Trinajstić information content (AvgIpc) is 3.22. The molecule has 4 fully saturated rings. The highest BCUT2D eigenvalue weighted by Crippen LogP contribution is 2.48. The van der Waals surface area contributed by atoms with E-state index in [1.54, 1.807) is 6.92 Å². The van der Waals surface area contributed by atoms with Crippen LogP contribution in [0.3, 0.4) is 0 Å². The number of benzene rings is 1. The standard InChI is InChI=1S/C42H69Cl2N3O9/c1-11-33-41(8,51)36(49)28(6)45-23-24(2)22-40(7)37(54-39-34(48)32(46(9)10)20-25(3)52-39)26(4)35(27(5)38(50)53-33)55-42(56-40)15-18-47(19-16-42)17-14-29-12-13-30(43)31(44)21-29/h12-13,21,24-28,32-37,39,45,48-49,51H,11,14-20,22-23H2,1-10H3/t24-,25-,26+,27-,28-,32+,33-,34-,35+,36-,37-,39+,40-,41-/m1/s1. The molecule has 56 heavy (non-hydrogen) atoms. The Balaban J connectivity index is 1.52. The van der Waals surface area contributed by atoms with Gasteiger partial charge in [0.05, 0.1) is 39.9 Å². The Bertz CT molecular complexity index is 1460. The van der Waals surface area contributed by atoms with Gasteiger partial charge in [-0.1, -0.05) is 50.0 Å². The predicted molar refractivity (Wildman–Crippen MR) is 217 cm³/mol. The quantitative estimate of drug-likeness (QED) is 0.274. The molecule has 0 aliphatic carbocycles. The molecule has 4 aliphatic rings. The van der Waals surface area contributed by atoms with Crippen molar-refractivity contribution in [2.45, 2.75) is 166 Å². The molecule has 0 radical (unpaired) electrons. The van der Waals surface area contributed by atoms with Crippen LogP contribution in [0.4, 0.5) is 0 Å². The fourth-order valence-electron chi connectivity index (χ4n) is 9.65. The van der Waals surface area contributed by atoms with Crippen molar-refractivity contribution in [1.82, 2.24) is 15.1 Å². The van der Waals surface area contributed by atoms with Crippen LogP contribution >= 0.6 is 23.2 Å². The fourth-order valence-corrected chi connectivity index (χ4v) is 9.97. The average molecular weight is 831 g/mol. The summed E-state index contributed by atoms with van der Waals surface area (Å²) in [6.07, 6.45) is -2.28. The van der Waals surface area contributed by atoms with Gasteiger partial charge in [0.25, 0.3) is 0 Å². The zero-order valence-corrected chi connectivity index (χ0v) is 36.7. The molecule has 4 N–H and O–H groups in total. The van der Waals surface area contributed by atoms with Crippen LogP contribution in [0.15, 0.2) is 18.2 Å². The number of esters is 1. The van der Waals surface area contributed by atoms with Crippen LogP contribution in [0.2, 0.25) is 10.0 Å². The minimum atomic E-state index is -1.72. The molecule has 1 aromatic carbocycles. The van der Waals surface area contributed by atoms with E-state index >= 15 is 0 Å². The summed E-state index contributed by atoms with van der Waals surface area (Å²) in [6.45, 7) is 17.9. The van der Waals surface area contributed by atoms with Crippen molar-refractivity contribution in [3.8, 4) is 0 Å². The maximum atomic E-state index is 14.3. The number of hydrogen-bond donors (Lipinski definition) is 4. The number of piperidine rings is 1. The smallest absolute Gasteiger partial charge is 0.311 e. The summed E-state index contributed by atoms with van der Waals surface area (Å²) >= 11 is 12.5. The van der Waals surface area contributed by atoms with Crippen molar-refractivity contribution in [3.05, 3.63) is 33.8 Å². The molecule has 1 aromatic rings. The monoisotopic (exact) mass is 829 g/mol. The Kier molecular flexibility index (Phi) is 15.3. The van der Waals surface area contributed by atoms with Crippen molar-refractivity contribution in [1.29, 1.82) is 0 Å². The molecule has 4 heterocycles. The Morgan fingerprint density at radius 2 is 1.73 bits per heavy atom. The lowest BCUT2D eigenvalue weighted by atomic mass is 9.78. The number of cyclic esters (lactones) is 1. The highest BCUT2D eigenvalue weighted by atomic mass is 35.5. The molecule has 14 heteroatoms. The van der Waals surface area contributed by atoms with Gasteiger partial charge in [-0.05, 0) is 105 Å². The molecule has 14 atom stereocenters. The number of rotatable bonds is 7. The molecule has 0 amide bonds. The number of carbonyl (C=O) groups is 1. The van der Waals surface area contributed by atoms with Crippen LogP contribution in [0.25, 0.3) is 0 Å². The predicted octanol–water partition coefficient (Wildman–Crippen LogP) is 5.04. The number of nitrogens with one attached hydrogen (secondary N) is 1. The highest BCUT2D eigenvalue weighted by Gasteiger charge is 2.58. The number of fused-ring (bicyclic) bond motifs is 3. The molecular formula is C42H69Cl2N3O9. The molecule has 320 valence electrons. The van der Waals surface area contributed by atoms with E-state index in [-0.39, 0.29) is 18.1 Å². The van der Waals surface area contributed by atoms with Gasteiger partial charge in [-0.3, -0.25) is 4.79 Å². The van der Waals surface area contributed by atoms with Crippen molar-refractivity contribution >= 4 is 29.2 Å². The second-order valence-corrected chi connectivity index (χ2v) is 18.8. The van der Waals surface area contributed by atoms with Crippen LogP contribution in [0, 0.1) is 17.8 Å². The third kappa shape index (κ3) is 10.2. The Labute approximate surface area is 344 Å². The number of hydrogen-bond acceptors (Lipinski definition) is 12. The Morgan fingerprint density at radius 3 is 2.36 bits per heavy atom. The van der Waals surface area contributed by atoms with E-state index < -0.39 is 77.6 Å². The lowest BCUT2D eigenvalue weighted by Crippen LogP contribution is -2.60. The first-order chi connectivity index (χ1) is 26.2. The van der Waals surface area contributed by atoms with Gasteiger partial charge in [-0.15, -0.1) is 0 Å². The largest absolute Gasteiger partial charge is 0.459 e. The van der Waals surface area contributed by atoms with Crippen molar-refractivity contribution < 1.29 is 43.8 Å². The zero-order valence-electron chi connectivity index (χ0n) is 35.2. The topological polar surface area (TPSA) is 142 Å². The number of likely N-dealkylation sites (tertiary alicyclic amines) is 1. The van der Waals surface area contributed by atoms with E-state index in [4.69, 9.17) is 46.9 Å². The number of carbonyl (C=O) groups excluding carboxylic acids is 1. The minimum Gasteiger partial charge on any atom is -0.459 e. The molecule has 1 spiro atoms. The SMILES string of the molecule is CC[C@H]1OC(=O)[C@H](C)[C@H]2OC3(CCN(CCc4ccc(Cl)c(Cl)c4)CC3)O[C@](C)(C[C@@H](C)CN[C@H](C)[C@@H](O)[C@]1(C)O)[C@H](O[C@@H]1O[C@H](C)C[C@H](N(C)C)[C@H]1O)[C@H]2C. The van der Waals surface area contributed by atoms with E-state index in [1.807, 2.05) is 64.9 Å². The van der Waals surface area contributed by atoms with E-state index in [0.717, 1.165) is 18.5 Å². The number of nitrogens with zero attached hydrogens (tertiary/aromatic N) is 2. The van der Waals surface area contributed by atoms with Gasteiger partial charge in [0.2, 0.25) is 0 Å². The minimum absolute atomic E-state index is 0.00541. The molecule has 0 unspecified atom stereocenters. The maximum Gasteiger partial charge on any atom is 0.311 e. The summed E-state index contributed by atoms with van der Waals surface area (Å²) in [5.74, 6) is -2.84. The summed E-state index contributed by atoms with van der Waals surface area (Å²) in [5, 5.41) is 39.3. The van der Waals surface area contributed by atoms with Gasteiger partial charge in [-0.25, -0.2) is 0 Å². The van der Waals surface area contributed by atoms with Gasteiger partial charge >= 0.3 is 5.97 Å². The van der Waals surface area contributed by atoms with Crippen LogP contribution in [-0.4, -0.2) is 143 Å². The van der Waals surface area contributed by atoms with Gasteiger partial charge in [0.1, 0.15) is 23.9 Å². The van der Waals surface area contributed by atoms with Crippen LogP contribution < -0.4 is 5.32 Å². The first-order valence-electron chi connectivity index (χ1n) is 20.7. The lowest BCUT2D eigenvalue weighted by Gasteiger charge is -2.49. The van der Waals surface area contributed by atoms with E-state index in [2.05, 4.69) is 24.1 Å². The first-order valence-corrected chi connectivity index (χ1v) is 21.5. The van der Waals surface area contributed by atoms with E-state index in [0.29, 0.717) is 61.8 Å².